The molecule has 4 N–H and O–H groups in total. The fourth-order valence-corrected chi connectivity index (χ4v) is 2.78. The number of carbonyl (C=O) groups excluding carboxylic acids is 1. The smallest absolute Gasteiger partial charge is 0.407 e. The number of ether oxygens (including phenoxy) is 1. The molecule has 28 heavy (non-hydrogen) atoms. The molecule has 2 unspecified atom stereocenters. The average Bonchev–Trinajstić information content (AvgIpc) is 2.65. The Bertz CT molecular complexity index is 570. The number of halogens is 1. The molecule has 0 saturated heterocycles. The van der Waals surface area contributed by atoms with Gasteiger partial charge in [-0.3, -0.25) is 4.99 Å². The third-order valence-corrected chi connectivity index (χ3v) is 4.10. The largest absolute Gasteiger partial charge is 0.450 e. The van der Waals surface area contributed by atoms with Gasteiger partial charge in [0.25, 0.3) is 0 Å². The van der Waals surface area contributed by atoms with E-state index in [-0.39, 0.29) is 42.5 Å². The minimum absolute atomic E-state index is 0. The van der Waals surface area contributed by atoms with E-state index in [0.717, 1.165) is 12.0 Å². The Morgan fingerprint density at radius 3 is 2.36 bits per heavy atom. The summed E-state index contributed by atoms with van der Waals surface area (Å²) in [6.45, 7) is 7.49. The number of aliphatic hydroxyl groups excluding tert-OH is 1. The third kappa shape index (κ3) is 10.7. The maximum atomic E-state index is 11.7. The predicted molar refractivity (Wildman–Crippen MR) is 124 cm³/mol. The van der Waals surface area contributed by atoms with Crippen LogP contribution in [-0.2, 0) is 4.74 Å². The summed E-state index contributed by atoms with van der Waals surface area (Å²) >= 11 is 0. The van der Waals surface area contributed by atoms with Crippen molar-refractivity contribution in [3.05, 3.63) is 35.9 Å². The molecule has 1 aromatic carbocycles. The first-order chi connectivity index (χ1) is 13.0. The van der Waals surface area contributed by atoms with Crippen molar-refractivity contribution < 1.29 is 14.6 Å². The van der Waals surface area contributed by atoms with Crippen LogP contribution in [0.1, 0.15) is 38.7 Å². The first-order valence-corrected chi connectivity index (χ1v) is 9.53. The van der Waals surface area contributed by atoms with Crippen molar-refractivity contribution in [2.75, 3.05) is 33.4 Å². The summed E-state index contributed by atoms with van der Waals surface area (Å²) in [5, 5.41) is 19.0. The molecule has 160 valence electrons. The van der Waals surface area contributed by atoms with E-state index in [1.807, 2.05) is 30.3 Å². The van der Waals surface area contributed by atoms with Crippen LogP contribution in [0, 0.1) is 5.92 Å². The highest BCUT2D eigenvalue weighted by Gasteiger charge is 2.16. The van der Waals surface area contributed by atoms with Crippen LogP contribution in [0.5, 0.6) is 0 Å². The molecule has 0 aromatic heterocycles. The molecule has 0 spiro atoms. The molecule has 0 aliphatic heterocycles. The zero-order valence-corrected chi connectivity index (χ0v) is 19.6. The van der Waals surface area contributed by atoms with E-state index in [0.29, 0.717) is 31.6 Å². The summed E-state index contributed by atoms with van der Waals surface area (Å²) < 4.78 is 4.98. The molecule has 0 heterocycles. The Hall–Kier alpha value is -1.55. The molecule has 0 radical (unpaired) electrons. The maximum absolute atomic E-state index is 11.7. The molecule has 0 bridgehead atoms. The van der Waals surface area contributed by atoms with Gasteiger partial charge in [-0.05, 0) is 24.8 Å². The molecule has 1 aromatic rings. The highest BCUT2D eigenvalue weighted by Crippen LogP contribution is 2.13. The van der Waals surface area contributed by atoms with E-state index in [4.69, 9.17) is 4.74 Å². The van der Waals surface area contributed by atoms with E-state index in [1.165, 1.54) is 0 Å². The van der Waals surface area contributed by atoms with E-state index in [9.17, 15) is 9.90 Å². The molecule has 2 atom stereocenters. The molecular formula is C20H35IN4O3. The Morgan fingerprint density at radius 1 is 1.18 bits per heavy atom. The monoisotopic (exact) mass is 506 g/mol. The van der Waals surface area contributed by atoms with E-state index in [2.05, 4.69) is 34.8 Å². The Morgan fingerprint density at radius 2 is 1.82 bits per heavy atom. The maximum Gasteiger partial charge on any atom is 0.407 e. The number of aliphatic hydroxyl groups is 1. The highest BCUT2D eigenvalue weighted by atomic mass is 127. The number of guanidine groups is 1. The average molecular weight is 506 g/mol. The van der Waals surface area contributed by atoms with Crippen LogP contribution in [0.4, 0.5) is 4.79 Å². The Balaban J connectivity index is 0.00000729. The summed E-state index contributed by atoms with van der Waals surface area (Å²) in [5.74, 6) is 1.04. The number of nitrogens with zero attached hydrogens (tertiary/aromatic N) is 1. The SMILES string of the molecule is CCOC(=O)NC(CNC(=NC)NCC(CO)c1ccccc1)CC(C)C.I. The van der Waals surface area contributed by atoms with Crippen LogP contribution < -0.4 is 16.0 Å². The van der Waals surface area contributed by atoms with Gasteiger partial charge in [0, 0.05) is 32.1 Å². The second-order valence-corrected chi connectivity index (χ2v) is 6.82. The van der Waals surface area contributed by atoms with Gasteiger partial charge in [0.15, 0.2) is 5.96 Å². The molecule has 1 amide bonds. The molecule has 7 nitrogen and oxygen atoms in total. The number of benzene rings is 1. The normalized spacial score (nSPS) is 13.3. The number of hydrogen-bond acceptors (Lipinski definition) is 4. The second kappa shape index (κ2) is 15.4. The quantitative estimate of drug-likeness (QED) is 0.223. The van der Waals surface area contributed by atoms with Crippen LogP contribution in [0.2, 0.25) is 0 Å². The lowest BCUT2D eigenvalue weighted by Gasteiger charge is -2.23. The lowest BCUT2D eigenvalue weighted by molar-refractivity contribution is 0.146. The van der Waals surface area contributed by atoms with Gasteiger partial charge in [0.2, 0.25) is 0 Å². The van der Waals surface area contributed by atoms with Gasteiger partial charge >= 0.3 is 6.09 Å². The standard InChI is InChI=1S/C20H34N4O3.HI/c1-5-27-20(26)24-18(11-15(2)3)13-23-19(21-4)22-12-17(14-25)16-9-7-6-8-10-16;/h6-10,15,17-18,25H,5,11-14H2,1-4H3,(H,24,26)(H2,21,22,23);1H. The summed E-state index contributed by atoms with van der Waals surface area (Å²) in [7, 11) is 1.70. The van der Waals surface area contributed by atoms with E-state index >= 15 is 0 Å². The number of carbonyl (C=O) groups is 1. The first kappa shape index (κ1) is 26.4. The van der Waals surface area contributed by atoms with Crippen LogP contribution in [0.3, 0.4) is 0 Å². The number of alkyl carbamates (subject to hydrolysis) is 1. The predicted octanol–water partition coefficient (Wildman–Crippen LogP) is 2.71. The van der Waals surface area contributed by atoms with Crippen molar-refractivity contribution >= 4 is 36.0 Å². The summed E-state index contributed by atoms with van der Waals surface area (Å²) in [4.78, 5) is 15.9. The number of nitrogens with one attached hydrogen (secondary N) is 3. The third-order valence-electron chi connectivity index (χ3n) is 4.10. The van der Waals surface area contributed by atoms with Gasteiger partial charge < -0.3 is 25.8 Å². The van der Waals surface area contributed by atoms with Gasteiger partial charge in [0.05, 0.1) is 13.2 Å². The molecule has 0 aliphatic carbocycles. The van der Waals surface area contributed by atoms with Crippen LogP contribution >= 0.6 is 24.0 Å². The molecular weight excluding hydrogens is 471 g/mol. The van der Waals surface area contributed by atoms with Crippen LogP contribution in [-0.4, -0.2) is 56.6 Å². The fourth-order valence-electron chi connectivity index (χ4n) is 2.78. The van der Waals surface area contributed by atoms with Crippen molar-refractivity contribution in [1.29, 1.82) is 0 Å². The van der Waals surface area contributed by atoms with E-state index in [1.54, 1.807) is 14.0 Å². The van der Waals surface area contributed by atoms with Crippen molar-refractivity contribution in [2.24, 2.45) is 10.9 Å². The van der Waals surface area contributed by atoms with Crippen molar-refractivity contribution in [2.45, 2.75) is 39.2 Å². The van der Waals surface area contributed by atoms with Gasteiger partial charge in [-0.15, -0.1) is 24.0 Å². The van der Waals surface area contributed by atoms with Gasteiger partial charge in [-0.1, -0.05) is 44.2 Å². The lowest BCUT2D eigenvalue weighted by atomic mass is 10.0. The van der Waals surface area contributed by atoms with Gasteiger partial charge in [-0.2, -0.15) is 0 Å². The van der Waals surface area contributed by atoms with Crippen LogP contribution in [0.25, 0.3) is 0 Å². The highest BCUT2D eigenvalue weighted by molar-refractivity contribution is 14.0. The summed E-state index contributed by atoms with van der Waals surface area (Å²) in [5.41, 5.74) is 1.07. The lowest BCUT2D eigenvalue weighted by Crippen LogP contribution is -2.48. The molecule has 1 rings (SSSR count). The van der Waals surface area contributed by atoms with Crippen molar-refractivity contribution in [3.8, 4) is 0 Å². The van der Waals surface area contributed by atoms with Gasteiger partial charge in [0.1, 0.15) is 0 Å². The number of hydrogen-bond donors (Lipinski definition) is 4. The van der Waals surface area contributed by atoms with Crippen LogP contribution in [0.15, 0.2) is 35.3 Å². The number of amides is 1. The molecule has 0 aliphatic rings. The topological polar surface area (TPSA) is 95.0 Å². The van der Waals surface area contributed by atoms with Crippen molar-refractivity contribution in [1.82, 2.24) is 16.0 Å². The minimum atomic E-state index is -0.405. The molecule has 8 heteroatoms. The summed E-state index contributed by atoms with van der Waals surface area (Å²) in [6, 6.07) is 9.81. The summed E-state index contributed by atoms with van der Waals surface area (Å²) in [6.07, 6.45) is 0.420. The Labute approximate surface area is 185 Å². The minimum Gasteiger partial charge on any atom is -0.450 e. The number of rotatable bonds is 10. The first-order valence-electron chi connectivity index (χ1n) is 9.53. The number of aliphatic imine (C=N–C) groups is 1. The molecule has 0 fully saturated rings. The van der Waals surface area contributed by atoms with E-state index < -0.39 is 6.09 Å². The Kier molecular flexibility index (Phi) is 14.5. The second-order valence-electron chi connectivity index (χ2n) is 6.82. The zero-order chi connectivity index (χ0) is 20.1. The molecule has 0 saturated carbocycles. The fraction of sp³-hybridized carbons (Fsp3) is 0.600. The van der Waals surface area contributed by atoms with Gasteiger partial charge in [-0.25, -0.2) is 4.79 Å². The van der Waals surface area contributed by atoms with Crippen molar-refractivity contribution in [3.63, 3.8) is 0 Å². The zero-order valence-electron chi connectivity index (χ0n) is 17.3.